The van der Waals surface area contributed by atoms with Gasteiger partial charge in [0.05, 0.1) is 13.1 Å². The van der Waals surface area contributed by atoms with Crippen LogP contribution >= 0.6 is 0 Å². The van der Waals surface area contributed by atoms with Crippen molar-refractivity contribution in [3.05, 3.63) is 83.9 Å². The Morgan fingerprint density at radius 3 is 2.45 bits per heavy atom. The highest BCUT2D eigenvalue weighted by atomic mass is 16.2. The number of piperazine rings is 1. The van der Waals surface area contributed by atoms with Gasteiger partial charge in [-0.05, 0) is 34.2 Å². The molecule has 2 saturated heterocycles. The number of urea groups is 1. The molecule has 0 aliphatic carbocycles. The summed E-state index contributed by atoms with van der Waals surface area (Å²) in [5, 5.41) is 8.50. The van der Waals surface area contributed by atoms with Gasteiger partial charge in [-0.15, -0.1) is 0 Å². The number of carbonyl (C=O) groups is 3. The molecule has 2 atom stereocenters. The van der Waals surface area contributed by atoms with Crippen molar-refractivity contribution < 1.29 is 14.4 Å². The zero-order chi connectivity index (χ0) is 26.8. The van der Waals surface area contributed by atoms with E-state index in [0.717, 1.165) is 21.9 Å². The minimum absolute atomic E-state index is 0.0421. The van der Waals surface area contributed by atoms with Crippen LogP contribution in [-0.4, -0.2) is 70.0 Å². The van der Waals surface area contributed by atoms with Gasteiger partial charge in [0.25, 0.3) is 0 Å². The first kappa shape index (κ1) is 25.7. The standard InChI is InChI=1S/C30H35N5O3/c1-21(2)16-26-29(37)33(18-24-14-9-13-23-12-7-8-15-25(23)24)19-27-34(26)28(36)20-32(3)35(27)30(38)31-17-22-10-5-4-6-11-22/h4-15,21,26-27H,16-20H2,1-3H3,(H,31,38). The summed E-state index contributed by atoms with van der Waals surface area (Å²) >= 11 is 0. The Morgan fingerprint density at radius 1 is 0.974 bits per heavy atom. The monoisotopic (exact) mass is 513 g/mol. The molecule has 8 heteroatoms. The number of carbonyl (C=O) groups excluding carboxylic acids is 3. The molecule has 0 radical (unpaired) electrons. The fourth-order valence-electron chi connectivity index (χ4n) is 5.61. The number of hydrazine groups is 1. The Bertz CT molecular complexity index is 1320. The predicted octanol–water partition coefficient (Wildman–Crippen LogP) is 3.82. The van der Waals surface area contributed by atoms with Crippen molar-refractivity contribution in [2.75, 3.05) is 20.1 Å². The van der Waals surface area contributed by atoms with E-state index in [4.69, 9.17) is 0 Å². The van der Waals surface area contributed by atoms with Gasteiger partial charge in [-0.2, -0.15) is 0 Å². The first-order valence-electron chi connectivity index (χ1n) is 13.2. The normalized spacial score (nSPS) is 20.3. The molecular formula is C30H35N5O3. The third kappa shape index (κ3) is 5.09. The van der Waals surface area contributed by atoms with Crippen molar-refractivity contribution in [2.45, 2.75) is 45.6 Å². The summed E-state index contributed by atoms with van der Waals surface area (Å²) in [6.45, 7) is 5.18. The minimum Gasteiger partial charge on any atom is -0.333 e. The molecule has 198 valence electrons. The van der Waals surface area contributed by atoms with Crippen LogP contribution in [0.2, 0.25) is 0 Å². The summed E-state index contributed by atoms with van der Waals surface area (Å²) in [7, 11) is 1.75. The summed E-state index contributed by atoms with van der Waals surface area (Å²) in [4.78, 5) is 44.2. The fourth-order valence-corrected chi connectivity index (χ4v) is 5.61. The maximum Gasteiger partial charge on any atom is 0.334 e. The van der Waals surface area contributed by atoms with Crippen molar-refractivity contribution in [3.63, 3.8) is 0 Å². The molecule has 2 fully saturated rings. The van der Waals surface area contributed by atoms with E-state index >= 15 is 0 Å². The van der Waals surface area contributed by atoms with E-state index in [9.17, 15) is 14.4 Å². The second-order valence-electron chi connectivity index (χ2n) is 10.6. The lowest BCUT2D eigenvalue weighted by molar-refractivity contribution is -0.188. The Kier molecular flexibility index (Phi) is 7.33. The van der Waals surface area contributed by atoms with E-state index < -0.39 is 12.2 Å². The van der Waals surface area contributed by atoms with Gasteiger partial charge in [-0.1, -0.05) is 86.6 Å². The molecule has 2 aliphatic heterocycles. The SMILES string of the molecule is CC(C)CC1C(=O)N(Cc2cccc3ccccc23)CC2N1C(=O)CN(C)N2C(=O)NCc1ccccc1. The highest BCUT2D eigenvalue weighted by Gasteiger charge is 2.50. The van der Waals surface area contributed by atoms with Crippen LogP contribution in [0.1, 0.15) is 31.4 Å². The Balaban J connectivity index is 1.46. The molecule has 0 bridgehead atoms. The van der Waals surface area contributed by atoms with Gasteiger partial charge in [0.1, 0.15) is 12.2 Å². The second kappa shape index (κ2) is 10.8. The molecule has 2 heterocycles. The van der Waals surface area contributed by atoms with Crippen molar-refractivity contribution in [1.82, 2.24) is 25.1 Å². The maximum absolute atomic E-state index is 13.9. The lowest BCUT2D eigenvalue weighted by Crippen LogP contribution is -2.75. The molecule has 3 aromatic rings. The molecule has 38 heavy (non-hydrogen) atoms. The summed E-state index contributed by atoms with van der Waals surface area (Å²) in [5.74, 6) is 0.00812. The van der Waals surface area contributed by atoms with Crippen LogP contribution in [0.25, 0.3) is 10.8 Å². The molecule has 0 spiro atoms. The average Bonchev–Trinajstić information content (AvgIpc) is 2.90. The van der Waals surface area contributed by atoms with Crippen molar-refractivity contribution in [1.29, 1.82) is 0 Å². The van der Waals surface area contributed by atoms with E-state index in [1.54, 1.807) is 22.0 Å². The van der Waals surface area contributed by atoms with E-state index in [1.165, 1.54) is 0 Å². The number of nitrogens with zero attached hydrogens (tertiary/aromatic N) is 4. The van der Waals surface area contributed by atoms with Crippen LogP contribution in [0.3, 0.4) is 0 Å². The smallest absolute Gasteiger partial charge is 0.333 e. The van der Waals surface area contributed by atoms with Crippen LogP contribution in [0.4, 0.5) is 4.79 Å². The molecule has 5 rings (SSSR count). The lowest BCUT2D eigenvalue weighted by Gasteiger charge is -2.54. The van der Waals surface area contributed by atoms with Gasteiger partial charge in [-0.3, -0.25) is 9.59 Å². The first-order valence-corrected chi connectivity index (χ1v) is 13.2. The van der Waals surface area contributed by atoms with Gasteiger partial charge < -0.3 is 15.1 Å². The van der Waals surface area contributed by atoms with E-state index in [2.05, 4.69) is 37.4 Å². The van der Waals surface area contributed by atoms with Crippen LogP contribution in [-0.2, 0) is 22.7 Å². The lowest BCUT2D eigenvalue weighted by atomic mass is 9.96. The Labute approximate surface area is 223 Å². The zero-order valence-electron chi connectivity index (χ0n) is 22.2. The summed E-state index contributed by atoms with van der Waals surface area (Å²) in [5.41, 5.74) is 2.03. The van der Waals surface area contributed by atoms with Crippen LogP contribution in [0.15, 0.2) is 72.8 Å². The first-order chi connectivity index (χ1) is 18.3. The van der Waals surface area contributed by atoms with Crippen molar-refractivity contribution in [2.24, 2.45) is 5.92 Å². The van der Waals surface area contributed by atoms with Gasteiger partial charge in [0.15, 0.2) is 0 Å². The molecule has 8 nitrogen and oxygen atoms in total. The third-order valence-corrected chi connectivity index (χ3v) is 7.37. The number of nitrogens with one attached hydrogen (secondary N) is 1. The molecule has 3 aromatic carbocycles. The number of fused-ring (bicyclic) bond motifs is 2. The third-order valence-electron chi connectivity index (χ3n) is 7.37. The highest BCUT2D eigenvalue weighted by molar-refractivity contribution is 5.92. The number of likely N-dealkylation sites (N-methyl/N-ethyl adjacent to an activating group) is 1. The minimum atomic E-state index is -0.616. The predicted molar refractivity (Wildman–Crippen MR) is 146 cm³/mol. The largest absolute Gasteiger partial charge is 0.334 e. The van der Waals surface area contributed by atoms with Gasteiger partial charge in [0.2, 0.25) is 11.8 Å². The zero-order valence-corrected chi connectivity index (χ0v) is 22.2. The molecule has 2 unspecified atom stereocenters. The highest BCUT2D eigenvalue weighted by Crippen LogP contribution is 2.30. The van der Waals surface area contributed by atoms with Crippen LogP contribution in [0, 0.1) is 5.92 Å². The van der Waals surface area contributed by atoms with E-state index in [0.29, 0.717) is 19.5 Å². The second-order valence-corrected chi connectivity index (χ2v) is 10.6. The number of rotatable bonds is 6. The van der Waals surface area contributed by atoms with E-state index in [1.807, 2.05) is 59.5 Å². The van der Waals surface area contributed by atoms with Crippen molar-refractivity contribution >= 4 is 28.6 Å². The van der Waals surface area contributed by atoms with Crippen LogP contribution < -0.4 is 5.32 Å². The molecule has 0 aromatic heterocycles. The Hall–Kier alpha value is -3.91. The molecule has 4 amide bonds. The van der Waals surface area contributed by atoms with Gasteiger partial charge >= 0.3 is 6.03 Å². The number of hydrogen-bond acceptors (Lipinski definition) is 4. The topological polar surface area (TPSA) is 76.2 Å². The quantitative estimate of drug-likeness (QED) is 0.544. The molecule has 1 N–H and O–H groups in total. The van der Waals surface area contributed by atoms with E-state index in [-0.39, 0.29) is 36.9 Å². The van der Waals surface area contributed by atoms with Crippen LogP contribution in [0.5, 0.6) is 0 Å². The maximum atomic E-state index is 13.9. The summed E-state index contributed by atoms with van der Waals surface area (Å²) in [6, 6.07) is 23.1. The Morgan fingerprint density at radius 2 is 1.68 bits per heavy atom. The van der Waals surface area contributed by atoms with Gasteiger partial charge in [0, 0.05) is 20.1 Å². The summed E-state index contributed by atoms with van der Waals surface area (Å²) in [6.07, 6.45) is -0.0514. The molecular weight excluding hydrogens is 478 g/mol. The molecule has 0 saturated carbocycles. The number of hydrogen-bond donors (Lipinski definition) is 1. The van der Waals surface area contributed by atoms with Crippen molar-refractivity contribution in [3.8, 4) is 0 Å². The molecule has 2 aliphatic rings. The summed E-state index contributed by atoms with van der Waals surface area (Å²) < 4.78 is 0. The fraction of sp³-hybridized carbons (Fsp3) is 0.367. The number of benzene rings is 3. The number of amides is 4. The average molecular weight is 514 g/mol. The van der Waals surface area contributed by atoms with Gasteiger partial charge in [-0.25, -0.2) is 14.8 Å².